The van der Waals surface area contributed by atoms with Crippen LogP contribution >= 0.6 is 0 Å². The molecule has 2 atom stereocenters. The molecule has 0 bridgehead atoms. The summed E-state index contributed by atoms with van der Waals surface area (Å²) >= 11 is 0. The first kappa shape index (κ1) is 22.2. The molecule has 1 aromatic rings. The van der Waals surface area contributed by atoms with Crippen molar-refractivity contribution >= 4 is 11.8 Å². The molecular weight excluding hydrogens is 383 g/mol. The van der Waals surface area contributed by atoms with E-state index in [1.807, 2.05) is 11.0 Å². The fraction of sp³-hybridized carbons (Fsp3) is 0.609. The number of hydrogen-bond donors (Lipinski definition) is 1. The maximum atomic E-state index is 13.9. The molecule has 30 heavy (non-hydrogen) atoms. The Balaban J connectivity index is 1.58. The normalized spacial score (nSPS) is 21.3. The highest BCUT2D eigenvalue weighted by molar-refractivity contribution is 5.80. The summed E-state index contributed by atoms with van der Waals surface area (Å²) in [6.45, 7) is 7.94. The predicted octanol–water partition coefficient (Wildman–Crippen LogP) is 2.79. The molecule has 1 unspecified atom stereocenters. The third-order valence-electron chi connectivity index (χ3n) is 5.99. The lowest BCUT2D eigenvalue weighted by Crippen LogP contribution is -2.46. The van der Waals surface area contributed by atoms with E-state index in [0.717, 1.165) is 24.0 Å². The molecule has 0 aromatic heterocycles. The van der Waals surface area contributed by atoms with E-state index in [1.54, 1.807) is 11.0 Å². The number of rotatable bonds is 5. The molecule has 1 N–H and O–H groups in total. The molecule has 0 saturated carbocycles. The third-order valence-corrected chi connectivity index (χ3v) is 5.99. The van der Waals surface area contributed by atoms with Gasteiger partial charge in [-0.2, -0.15) is 5.26 Å². The fourth-order valence-electron chi connectivity index (χ4n) is 4.62. The number of hydrogen-bond acceptors (Lipinski definition) is 4. The number of carbonyl (C=O) groups is 2. The molecule has 7 heteroatoms. The Morgan fingerprint density at radius 3 is 2.70 bits per heavy atom. The first-order valence-electron chi connectivity index (χ1n) is 10.7. The molecule has 0 radical (unpaired) electrons. The minimum absolute atomic E-state index is 0.000795. The molecule has 2 aliphatic rings. The SMILES string of the molecule is CC(C)(C)C1c2cc(F)ccc2CCN1C(=O)CCNCC(=O)N1CCC[C@H]1C#N. The number of fused-ring (bicyclic) bond motifs is 1. The first-order valence-corrected chi connectivity index (χ1v) is 10.7. The molecule has 0 aliphatic carbocycles. The Bertz CT molecular complexity index is 843. The van der Waals surface area contributed by atoms with Crippen LogP contribution in [0.4, 0.5) is 4.39 Å². The van der Waals surface area contributed by atoms with Gasteiger partial charge in [-0.05, 0) is 47.9 Å². The molecule has 1 saturated heterocycles. The van der Waals surface area contributed by atoms with Gasteiger partial charge in [0.05, 0.1) is 18.7 Å². The van der Waals surface area contributed by atoms with Crippen LogP contribution in [0.1, 0.15) is 57.2 Å². The number of benzene rings is 1. The molecule has 0 spiro atoms. The van der Waals surface area contributed by atoms with Crippen LogP contribution in [-0.2, 0) is 16.0 Å². The topological polar surface area (TPSA) is 76.4 Å². The summed E-state index contributed by atoms with van der Waals surface area (Å²) in [5, 5.41) is 12.2. The minimum Gasteiger partial charge on any atom is -0.335 e. The van der Waals surface area contributed by atoms with E-state index >= 15 is 0 Å². The van der Waals surface area contributed by atoms with Crippen molar-refractivity contribution in [2.75, 3.05) is 26.2 Å². The van der Waals surface area contributed by atoms with Gasteiger partial charge >= 0.3 is 0 Å². The van der Waals surface area contributed by atoms with Crippen molar-refractivity contribution in [3.63, 3.8) is 0 Å². The highest BCUT2D eigenvalue weighted by Crippen LogP contribution is 2.42. The van der Waals surface area contributed by atoms with Gasteiger partial charge in [-0.25, -0.2) is 4.39 Å². The molecule has 2 amide bonds. The van der Waals surface area contributed by atoms with Crippen LogP contribution in [-0.4, -0.2) is 53.8 Å². The van der Waals surface area contributed by atoms with Crippen LogP contribution in [0.25, 0.3) is 0 Å². The summed E-state index contributed by atoms with van der Waals surface area (Å²) < 4.78 is 13.9. The Morgan fingerprint density at radius 2 is 2.00 bits per heavy atom. The highest BCUT2D eigenvalue weighted by Gasteiger charge is 2.38. The van der Waals surface area contributed by atoms with Crippen molar-refractivity contribution in [1.29, 1.82) is 5.26 Å². The van der Waals surface area contributed by atoms with Gasteiger partial charge in [-0.1, -0.05) is 26.8 Å². The van der Waals surface area contributed by atoms with E-state index in [2.05, 4.69) is 32.2 Å². The number of nitriles is 1. The summed E-state index contributed by atoms with van der Waals surface area (Å²) in [5.74, 6) is -0.377. The smallest absolute Gasteiger partial charge is 0.237 e. The summed E-state index contributed by atoms with van der Waals surface area (Å²) in [5.41, 5.74) is 1.76. The molecule has 1 aromatic carbocycles. The number of likely N-dealkylation sites (tertiary alicyclic amines) is 1. The zero-order valence-corrected chi connectivity index (χ0v) is 18.1. The largest absolute Gasteiger partial charge is 0.335 e. The maximum Gasteiger partial charge on any atom is 0.237 e. The number of amides is 2. The van der Waals surface area contributed by atoms with Crippen LogP contribution in [0, 0.1) is 22.6 Å². The average molecular weight is 415 g/mol. The number of nitrogens with zero attached hydrogens (tertiary/aromatic N) is 3. The van der Waals surface area contributed by atoms with Gasteiger partial charge in [0.25, 0.3) is 0 Å². The lowest BCUT2D eigenvalue weighted by atomic mass is 9.77. The predicted molar refractivity (Wildman–Crippen MR) is 112 cm³/mol. The van der Waals surface area contributed by atoms with Crippen molar-refractivity contribution in [3.05, 3.63) is 35.1 Å². The van der Waals surface area contributed by atoms with Crippen molar-refractivity contribution < 1.29 is 14.0 Å². The van der Waals surface area contributed by atoms with Crippen molar-refractivity contribution in [2.45, 2.75) is 58.5 Å². The van der Waals surface area contributed by atoms with E-state index in [0.29, 0.717) is 26.1 Å². The van der Waals surface area contributed by atoms with Gasteiger partial charge in [0, 0.05) is 26.1 Å². The van der Waals surface area contributed by atoms with E-state index < -0.39 is 0 Å². The van der Waals surface area contributed by atoms with Gasteiger partial charge in [0.2, 0.25) is 11.8 Å². The zero-order chi connectivity index (χ0) is 21.9. The maximum absolute atomic E-state index is 13.9. The van der Waals surface area contributed by atoms with Gasteiger partial charge in [0.1, 0.15) is 11.9 Å². The molecule has 2 heterocycles. The summed E-state index contributed by atoms with van der Waals surface area (Å²) in [6, 6.07) is 6.51. The standard InChI is InChI=1S/C23H31FN4O2/c1-23(2,3)22-19-13-17(24)7-6-16(19)9-12-28(22)20(29)8-10-26-15-21(30)27-11-4-5-18(27)14-25/h6-7,13,18,22,26H,4-5,8-12,15H2,1-3H3/t18-,22?/m0/s1. The van der Waals surface area contributed by atoms with Crippen LogP contribution in [0.3, 0.4) is 0 Å². The molecule has 3 rings (SSSR count). The van der Waals surface area contributed by atoms with Gasteiger partial charge in [-0.15, -0.1) is 0 Å². The zero-order valence-electron chi connectivity index (χ0n) is 18.1. The third kappa shape index (κ3) is 4.81. The first-order chi connectivity index (χ1) is 14.2. The van der Waals surface area contributed by atoms with Crippen LogP contribution in [0.2, 0.25) is 0 Å². The molecule has 1 fully saturated rings. The van der Waals surface area contributed by atoms with E-state index in [1.165, 1.54) is 6.07 Å². The summed E-state index contributed by atoms with van der Waals surface area (Å²) in [4.78, 5) is 28.8. The molecule has 6 nitrogen and oxygen atoms in total. The Hall–Kier alpha value is -2.46. The van der Waals surface area contributed by atoms with Crippen LogP contribution in [0.15, 0.2) is 18.2 Å². The second-order valence-corrected chi connectivity index (χ2v) is 9.25. The van der Waals surface area contributed by atoms with E-state index in [-0.39, 0.29) is 48.1 Å². The number of nitrogens with one attached hydrogen (secondary N) is 1. The van der Waals surface area contributed by atoms with Crippen LogP contribution in [0.5, 0.6) is 0 Å². The van der Waals surface area contributed by atoms with E-state index in [4.69, 9.17) is 5.26 Å². The Morgan fingerprint density at radius 1 is 1.23 bits per heavy atom. The quantitative estimate of drug-likeness (QED) is 0.752. The van der Waals surface area contributed by atoms with Crippen molar-refractivity contribution in [3.8, 4) is 6.07 Å². The van der Waals surface area contributed by atoms with Crippen molar-refractivity contribution in [1.82, 2.24) is 15.1 Å². The van der Waals surface area contributed by atoms with Gasteiger partial charge in [-0.3, -0.25) is 9.59 Å². The summed E-state index contributed by atoms with van der Waals surface area (Å²) in [6.07, 6.45) is 2.57. The number of halogens is 1. The van der Waals surface area contributed by atoms with Gasteiger partial charge < -0.3 is 15.1 Å². The molecule has 2 aliphatic heterocycles. The lowest BCUT2D eigenvalue weighted by Gasteiger charge is -2.44. The lowest BCUT2D eigenvalue weighted by molar-refractivity contribution is -0.137. The Labute approximate surface area is 178 Å². The molecular formula is C23H31FN4O2. The van der Waals surface area contributed by atoms with Crippen LogP contribution < -0.4 is 5.32 Å². The Kier molecular flexibility index (Phi) is 6.77. The second kappa shape index (κ2) is 9.13. The van der Waals surface area contributed by atoms with Crippen molar-refractivity contribution in [2.24, 2.45) is 5.41 Å². The highest BCUT2D eigenvalue weighted by atomic mass is 19.1. The monoisotopic (exact) mass is 414 g/mol. The van der Waals surface area contributed by atoms with E-state index in [9.17, 15) is 14.0 Å². The molecule has 162 valence electrons. The minimum atomic E-state index is -0.331. The second-order valence-electron chi connectivity index (χ2n) is 9.25. The average Bonchev–Trinajstić information content (AvgIpc) is 3.18. The van der Waals surface area contributed by atoms with Gasteiger partial charge in [0.15, 0.2) is 0 Å². The fourth-order valence-corrected chi connectivity index (χ4v) is 4.62. The summed E-state index contributed by atoms with van der Waals surface area (Å²) in [7, 11) is 0. The number of carbonyl (C=O) groups excluding carboxylic acids is 2.